The van der Waals surface area contributed by atoms with Crippen LogP contribution >= 0.6 is 0 Å². The highest BCUT2D eigenvalue weighted by Gasteiger charge is 2.31. The molecule has 126 valence electrons. The minimum Gasteiger partial charge on any atom is -0.348 e. The van der Waals surface area contributed by atoms with Crippen molar-refractivity contribution in [3.05, 3.63) is 11.9 Å². The molecule has 1 aliphatic heterocycles. The zero-order chi connectivity index (χ0) is 15.6. The summed E-state index contributed by atoms with van der Waals surface area (Å²) in [6.45, 7) is 3.32. The molecule has 6 heteroatoms. The van der Waals surface area contributed by atoms with E-state index in [2.05, 4.69) is 20.5 Å². The van der Waals surface area contributed by atoms with Crippen molar-refractivity contribution >= 4 is 5.91 Å². The van der Waals surface area contributed by atoms with E-state index in [-0.39, 0.29) is 5.91 Å². The number of hydrogen-bond donors (Lipinski definition) is 1. The van der Waals surface area contributed by atoms with Crippen molar-refractivity contribution < 1.29 is 4.79 Å². The normalized spacial score (nSPS) is 26.0. The molecule has 1 N–H and O–H groups in total. The molecular formula is C17H27N5O. The van der Waals surface area contributed by atoms with E-state index in [9.17, 15) is 4.79 Å². The zero-order valence-corrected chi connectivity index (χ0v) is 13.8. The average molecular weight is 317 g/mol. The Kier molecular flexibility index (Phi) is 4.33. The Morgan fingerprint density at radius 3 is 2.74 bits per heavy atom. The Morgan fingerprint density at radius 2 is 1.96 bits per heavy atom. The summed E-state index contributed by atoms with van der Waals surface area (Å²) in [6.07, 6.45) is 11.8. The van der Waals surface area contributed by atoms with Gasteiger partial charge in [0.2, 0.25) is 0 Å². The molecule has 0 aromatic carbocycles. The van der Waals surface area contributed by atoms with Gasteiger partial charge in [0, 0.05) is 18.6 Å². The van der Waals surface area contributed by atoms with Crippen molar-refractivity contribution in [2.24, 2.45) is 5.92 Å². The fourth-order valence-corrected chi connectivity index (χ4v) is 4.01. The maximum absolute atomic E-state index is 12.2. The Morgan fingerprint density at radius 1 is 1.13 bits per heavy atom. The van der Waals surface area contributed by atoms with Crippen LogP contribution in [0.15, 0.2) is 6.20 Å². The number of carbonyl (C=O) groups excluding carboxylic acids is 1. The van der Waals surface area contributed by atoms with Crippen molar-refractivity contribution in [3.63, 3.8) is 0 Å². The number of likely N-dealkylation sites (tertiary alicyclic amines) is 1. The van der Waals surface area contributed by atoms with Gasteiger partial charge in [-0.3, -0.25) is 14.4 Å². The van der Waals surface area contributed by atoms with Gasteiger partial charge in [-0.1, -0.05) is 18.1 Å². The Balaban J connectivity index is 1.32. The number of carbonyl (C=O) groups is 1. The number of amides is 1. The van der Waals surface area contributed by atoms with Crippen LogP contribution in [0.2, 0.25) is 0 Å². The molecule has 2 saturated carbocycles. The molecule has 4 rings (SSSR count). The van der Waals surface area contributed by atoms with Crippen LogP contribution < -0.4 is 5.32 Å². The van der Waals surface area contributed by atoms with Crippen molar-refractivity contribution in [1.82, 2.24) is 25.2 Å². The molecule has 1 atom stereocenters. The Labute approximate surface area is 137 Å². The molecule has 3 aliphatic rings. The van der Waals surface area contributed by atoms with Crippen LogP contribution in [0, 0.1) is 5.92 Å². The molecule has 1 amide bonds. The zero-order valence-electron chi connectivity index (χ0n) is 13.8. The van der Waals surface area contributed by atoms with Gasteiger partial charge in [0.15, 0.2) is 5.69 Å². The first-order valence-electron chi connectivity index (χ1n) is 9.23. The molecular weight excluding hydrogens is 290 g/mol. The molecule has 6 nitrogen and oxygen atoms in total. The quantitative estimate of drug-likeness (QED) is 0.869. The third-order valence-electron chi connectivity index (χ3n) is 5.55. The van der Waals surface area contributed by atoms with Gasteiger partial charge >= 0.3 is 0 Å². The molecule has 1 aromatic heterocycles. The highest BCUT2D eigenvalue weighted by atomic mass is 16.2. The summed E-state index contributed by atoms with van der Waals surface area (Å²) in [5.74, 6) is 0.864. The lowest BCUT2D eigenvalue weighted by atomic mass is 10.2. The lowest BCUT2D eigenvalue weighted by Gasteiger charge is -2.23. The molecule has 0 unspecified atom stereocenters. The molecule has 2 heterocycles. The molecule has 3 fully saturated rings. The standard InChI is InChI=1S/C17H27N5O/c23-17(18-14-4-1-2-5-14)16-12-22(20-19-16)11-15-6-3-9-21(15)10-13-7-8-13/h12-15H,1-11H2,(H,18,23)/t15-/m0/s1. The molecule has 2 aliphatic carbocycles. The predicted molar refractivity (Wildman–Crippen MR) is 87.1 cm³/mol. The van der Waals surface area contributed by atoms with E-state index in [1.807, 2.05) is 10.9 Å². The Bertz CT molecular complexity index is 547. The van der Waals surface area contributed by atoms with E-state index in [0.29, 0.717) is 17.8 Å². The Hall–Kier alpha value is -1.43. The van der Waals surface area contributed by atoms with Gasteiger partial charge in [0.05, 0.1) is 12.7 Å². The molecule has 23 heavy (non-hydrogen) atoms. The van der Waals surface area contributed by atoms with E-state index in [1.165, 1.54) is 51.6 Å². The first-order chi connectivity index (χ1) is 11.3. The third-order valence-corrected chi connectivity index (χ3v) is 5.55. The minimum atomic E-state index is -0.0654. The first kappa shape index (κ1) is 15.1. The van der Waals surface area contributed by atoms with Gasteiger partial charge in [-0.2, -0.15) is 0 Å². The molecule has 0 spiro atoms. The third kappa shape index (κ3) is 3.74. The second-order valence-corrected chi connectivity index (χ2v) is 7.52. The van der Waals surface area contributed by atoms with Crippen molar-refractivity contribution in [3.8, 4) is 0 Å². The average Bonchev–Trinajstić information content (AvgIpc) is 2.97. The van der Waals surface area contributed by atoms with Crippen LogP contribution in [-0.2, 0) is 6.54 Å². The summed E-state index contributed by atoms with van der Waals surface area (Å²) >= 11 is 0. The van der Waals surface area contributed by atoms with E-state index < -0.39 is 0 Å². The lowest BCUT2D eigenvalue weighted by molar-refractivity contribution is 0.0932. The van der Waals surface area contributed by atoms with Crippen LogP contribution in [0.5, 0.6) is 0 Å². The van der Waals surface area contributed by atoms with Gasteiger partial charge in [-0.15, -0.1) is 5.10 Å². The van der Waals surface area contributed by atoms with Crippen LogP contribution in [0.4, 0.5) is 0 Å². The minimum absolute atomic E-state index is 0.0654. The molecule has 1 saturated heterocycles. The second kappa shape index (κ2) is 6.59. The maximum atomic E-state index is 12.2. The maximum Gasteiger partial charge on any atom is 0.273 e. The van der Waals surface area contributed by atoms with Crippen molar-refractivity contribution in [1.29, 1.82) is 0 Å². The number of nitrogens with zero attached hydrogens (tertiary/aromatic N) is 4. The van der Waals surface area contributed by atoms with Crippen LogP contribution in [0.25, 0.3) is 0 Å². The number of aromatic nitrogens is 3. The largest absolute Gasteiger partial charge is 0.348 e. The van der Waals surface area contributed by atoms with E-state index >= 15 is 0 Å². The van der Waals surface area contributed by atoms with Gasteiger partial charge in [0.25, 0.3) is 5.91 Å². The lowest BCUT2D eigenvalue weighted by Crippen LogP contribution is -2.34. The smallest absolute Gasteiger partial charge is 0.273 e. The summed E-state index contributed by atoms with van der Waals surface area (Å²) < 4.78 is 1.86. The summed E-state index contributed by atoms with van der Waals surface area (Å²) in [6, 6.07) is 0.888. The van der Waals surface area contributed by atoms with Gasteiger partial charge in [-0.25, -0.2) is 0 Å². The van der Waals surface area contributed by atoms with Crippen LogP contribution in [0.1, 0.15) is 61.9 Å². The summed E-state index contributed by atoms with van der Waals surface area (Å²) in [7, 11) is 0. The van der Waals surface area contributed by atoms with Crippen LogP contribution in [-0.4, -0.2) is 51.0 Å². The highest BCUT2D eigenvalue weighted by molar-refractivity contribution is 5.92. The van der Waals surface area contributed by atoms with Gasteiger partial charge in [-0.05, 0) is 51.0 Å². The molecule has 1 aromatic rings. The summed E-state index contributed by atoms with van der Waals surface area (Å²) in [5, 5.41) is 11.3. The van der Waals surface area contributed by atoms with Gasteiger partial charge < -0.3 is 5.32 Å². The molecule has 0 radical (unpaired) electrons. The predicted octanol–water partition coefficient (Wildman–Crippen LogP) is 1.82. The fraction of sp³-hybridized carbons (Fsp3) is 0.824. The SMILES string of the molecule is O=C(NC1CCCC1)c1cn(C[C@@H]2CCCN2CC2CC2)nn1. The summed E-state index contributed by atoms with van der Waals surface area (Å²) in [4.78, 5) is 14.8. The van der Waals surface area contributed by atoms with E-state index in [1.54, 1.807) is 0 Å². The fourth-order valence-electron chi connectivity index (χ4n) is 4.01. The highest BCUT2D eigenvalue weighted by Crippen LogP contribution is 2.32. The number of hydrogen-bond acceptors (Lipinski definition) is 4. The van der Waals surface area contributed by atoms with Crippen molar-refractivity contribution in [2.45, 2.75) is 70.0 Å². The van der Waals surface area contributed by atoms with Crippen molar-refractivity contribution in [2.75, 3.05) is 13.1 Å². The van der Waals surface area contributed by atoms with Crippen LogP contribution in [0.3, 0.4) is 0 Å². The number of rotatable bonds is 6. The monoisotopic (exact) mass is 317 g/mol. The number of nitrogens with one attached hydrogen (secondary N) is 1. The van der Waals surface area contributed by atoms with Gasteiger partial charge in [0.1, 0.15) is 0 Å². The van der Waals surface area contributed by atoms with E-state index in [0.717, 1.165) is 25.3 Å². The second-order valence-electron chi connectivity index (χ2n) is 7.52. The molecule has 0 bridgehead atoms. The topological polar surface area (TPSA) is 63.1 Å². The summed E-state index contributed by atoms with van der Waals surface area (Å²) in [5.41, 5.74) is 0.462. The van der Waals surface area contributed by atoms with E-state index in [4.69, 9.17) is 0 Å². The first-order valence-corrected chi connectivity index (χ1v) is 9.23.